The highest BCUT2D eigenvalue weighted by Gasteiger charge is 2.29. The molecule has 1 aromatic rings. The lowest BCUT2D eigenvalue weighted by Crippen LogP contribution is -2.40. The molecular weight excluding hydrogens is 310 g/mol. The zero-order valence-electron chi connectivity index (χ0n) is 12.5. The zero-order valence-corrected chi connectivity index (χ0v) is 13.3. The van der Waals surface area contributed by atoms with Crippen molar-refractivity contribution in [3.05, 3.63) is 30.3 Å². The minimum atomic E-state index is -4.00. The molecule has 0 N–H and O–H groups in total. The predicted molar refractivity (Wildman–Crippen MR) is 78.5 cm³/mol. The lowest BCUT2D eigenvalue weighted by Gasteiger charge is -2.20. The molecular formula is C14H19NO6S. The van der Waals surface area contributed by atoms with E-state index in [9.17, 15) is 18.0 Å². The lowest BCUT2D eigenvalue weighted by atomic mass is 10.4. The summed E-state index contributed by atoms with van der Waals surface area (Å²) in [7, 11) is -4.00. The largest absolute Gasteiger partial charge is 0.465 e. The fourth-order valence-corrected chi connectivity index (χ4v) is 3.02. The van der Waals surface area contributed by atoms with Gasteiger partial charge in [-0.2, -0.15) is 4.31 Å². The van der Waals surface area contributed by atoms with Crippen molar-refractivity contribution in [3.8, 4) is 0 Å². The van der Waals surface area contributed by atoms with Crippen molar-refractivity contribution in [1.29, 1.82) is 0 Å². The molecule has 7 nitrogen and oxygen atoms in total. The van der Waals surface area contributed by atoms with Crippen LogP contribution in [0.15, 0.2) is 35.2 Å². The van der Waals surface area contributed by atoms with Crippen molar-refractivity contribution >= 4 is 22.0 Å². The van der Waals surface area contributed by atoms with Crippen LogP contribution < -0.4 is 0 Å². The summed E-state index contributed by atoms with van der Waals surface area (Å²) >= 11 is 0. The van der Waals surface area contributed by atoms with Crippen LogP contribution >= 0.6 is 0 Å². The topological polar surface area (TPSA) is 90.0 Å². The Labute approximate surface area is 129 Å². The fourth-order valence-electron chi connectivity index (χ4n) is 1.67. The van der Waals surface area contributed by atoms with Crippen LogP contribution in [0.2, 0.25) is 0 Å². The average molecular weight is 329 g/mol. The van der Waals surface area contributed by atoms with E-state index in [0.29, 0.717) is 0 Å². The summed E-state index contributed by atoms with van der Waals surface area (Å²) in [4.78, 5) is 23.2. The molecule has 8 heteroatoms. The molecule has 0 saturated carbocycles. The molecule has 0 aliphatic rings. The van der Waals surface area contributed by atoms with Crippen molar-refractivity contribution in [1.82, 2.24) is 4.31 Å². The molecule has 1 aromatic carbocycles. The second-order valence-electron chi connectivity index (χ2n) is 4.20. The van der Waals surface area contributed by atoms with Gasteiger partial charge in [-0.1, -0.05) is 18.2 Å². The number of hydrogen-bond acceptors (Lipinski definition) is 6. The first-order chi connectivity index (χ1) is 10.4. The Bertz CT molecular complexity index is 579. The Balaban J connectivity index is 3.02. The molecule has 0 heterocycles. The number of benzene rings is 1. The number of hydrogen-bond donors (Lipinski definition) is 0. The van der Waals surface area contributed by atoms with Crippen LogP contribution in [0.3, 0.4) is 0 Å². The Morgan fingerprint density at radius 2 is 1.41 bits per heavy atom. The minimum Gasteiger partial charge on any atom is -0.465 e. The number of sulfonamides is 1. The van der Waals surface area contributed by atoms with Gasteiger partial charge in [-0.25, -0.2) is 8.42 Å². The molecule has 0 fully saturated rings. The second kappa shape index (κ2) is 8.50. The van der Waals surface area contributed by atoms with Crippen molar-refractivity contribution in [2.45, 2.75) is 18.7 Å². The first-order valence-corrected chi connectivity index (χ1v) is 8.22. The quantitative estimate of drug-likeness (QED) is 0.655. The molecule has 0 atom stereocenters. The van der Waals surface area contributed by atoms with E-state index in [1.165, 1.54) is 12.1 Å². The third-order valence-electron chi connectivity index (χ3n) is 2.60. The number of rotatable bonds is 8. The van der Waals surface area contributed by atoms with Crippen molar-refractivity contribution in [2.75, 3.05) is 26.3 Å². The van der Waals surface area contributed by atoms with Gasteiger partial charge in [0.1, 0.15) is 13.1 Å². The van der Waals surface area contributed by atoms with Gasteiger partial charge in [-0.05, 0) is 26.0 Å². The van der Waals surface area contributed by atoms with Gasteiger partial charge >= 0.3 is 11.9 Å². The summed E-state index contributed by atoms with van der Waals surface area (Å²) in [5.74, 6) is -1.46. The van der Waals surface area contributed by atoms with E-state index in [4.69, 9.17) is 9.47 Å². The summed E-state index contributed by atoms with van der Waals surface area (Å²) in [5, 5.41) is 0. The van der Waals surface area contributed by atoms with Crippen LogP contribution in [0.1, 0.15) is 13.8 Å². The number of nitrogens with zero attached hydrogens (tertiary/aromatic N) is 1. The van der Waals surface area contributed by atoms with Gasteiger partial charge in [0, 0.05) is 0 Å². The maximum absolute atomic E-state index is 12.5. The predicted octanol–water partition coefficient (Wildman–Crippen LogP) is 0.803. The first kappa shape index (κ1) is 18.1. The third kappa shape index (κ3) is 5.12. The Hall–Kier alpha value is -1.93. The van der Waals surface area contributed by atoms with E-state index in [1.54, 1.807) is 32.0 Å². The molecule has 0 radical (unpaired) electrons. The van der Waals surface area contributed by atoms with Crippen LogP contribution in [-0.2, 0) is 29.1 Å². The standard InChI is InChI=1S/C14H19NO6S/c1-3-20-13(16)10-15(11-14(17)21-4-2)22(18,19)12-8-6-5-7-9-12/h5-9H,3-4,10-11H2,1-2H3. The molecule has 122 valence electrons. The van der Waals surface area contributed by atoms with Crippen molar-refractivity contribution < 1.29 is 27.5 Å². The molecule has 0 unspecified atom stereocenters. The highest BCUT2D eigenvalue weighted by atomic mass is 32.2. The molecule has 1 rings (SSSR count). The van der Waals surface area contributed by atoms with E-state index < -0.39 is 35.1 Å². The molecule has 0 aromatic heterocycles. The van der Waals surface area contributed by atoms with Gasteiger partial charge < -0.3 is 9.47 Å². The smallest absolute Gasteiger partial charge is 0.321 e. The summed E-state index contributed by atoms with van der Waals surface area (Å²) in [6.07, 6.45) is 0. The van der Waals surface area contributed by atoms with Gasteiger partial charge in [0.2, 0.25) is 10.0 Å². The van der Waals surface area contributed by atoms with Gasteiger partial charge in [0.25, 0.3) is 0 Å². The normalized spacial score (nSPS) is 11.2. The zero-order chi connectivity index (χ0) is 16.6. The summed E-state index contributed by atoms with van der Waals surface area (Å²) in [6, 6.07) is 7.55. The van der Waals surface area contributed by atoms with E-state index in [2.05, 4.69) is 0 Å². The average Bonchev–Trinajstić information content (AvgIpc) is 2.48. The number of carbonyl (C=O) groups excluding carboxylic acids is 2. The second-order valence-corrected chi connectivity index (χ2v) is 6.13. The Morgan fingerprint density at radius 3 is 1.82 bits per heavy atom. The molecule has 0 amide bonds. The van der Waals surface area contributed by atoms with E-state index >= 15 is 0 Å². The van der Waals surface area contributed by atoms with Crippen LogP contribution in [0, 0.1) is 0 Å². The van der Waals surface area contributed by atoms with Gasteiger partial charge in [0.15, 0.2) is 0 Å². The lowest BCUT2D eigenvalue weighted by molar-refractivity contribution is -0.146. The summed E-state index contributed by atoms with van der Waals surface area (Å²) in [5.41, 5.74) is 0. The van der Waals surface area contributed by atoms with Gasteiger partial charge in [-0.3, -0.25) is 9.59 Å². The van der Waals surface area contributed by atoms with Crippen molar-refractivity contribution in [3.63, 3.8) is 0 Å². The monoisotopic (exact) mass is 329 g/mol. The fraction of sp³-hybridized carbons (Fsp3) is 0.429. The van der Waals surface area contributed by atoms with Crippen LogP contribution in [0.25, 0.3) is 0 Å². The highest BCUT2D eigenvalue weighted by Crippen LogP contribution is 2.15. The van der Waals surface area contributed by atoms with Crippen LogP contribution in [0.4, 0.5) is 0 Å². The van der Waals surface area contributed by atoms with Crippen molar-refractivity contribution in [2.24, 2.45) is 0 Å². The Morgan fingerprint density at radius 1 is 0.955 bits per heavy atom. The molecule has 0 saturated heterocycles. The summed E-state index contributed by atoms with van der Waals surface area (Å²) in [6.45, 7) is 2.36. The number of ether oxygens (including phenoxy) is 2. The number of esters is 2. The van der Waals surface area contributed by atoms with E-state index in [0.717, 1.165) is 4.31 Å². The van der Waals surface area contributed by atoms with Gasteiger partial charge in [0.05, 0.1) is 18.1 Å². The first-order valence-electron chi connectivity index (χ1n) is 6.78. The minimum absolute atomic E-state index is 0.0106. The van der Waals surface area contributed by atoms with Gasteiger partial charge in [-0.15, -0.1) is 0 Å². The van der Waals surface area contributed by atoms with Crippen LogP contribution in [0.5, 0.6) is 0 Å². The highest BCUT2D eigenvalue weighted by molar-refractivity contribution is 7.89. The Kier molecular flexibility index (Phi) is 7.00. The van der Waals surface area contributed by atoms with Crippen LogP contribution in [-0.4, -0.2) is 51.0 Å². The molecule has 0 aliphatic carbocycles. The molecule has 0 aliphatic heterocycles. The molecule has 22 heavy (non-hydrogen) atoms. The summed E-state index contributed by atoms with van der Waals surface area (Å²) < 4.78 is 35.3. The van der Waals surface area contributed by atoms with E-state index in [1.807, 2.05) is 0 Å². The molecule has 0 spiro atoms. The number of carbonyl (C=O) groups is 2. The third-order valence-corrected chi connectivity index (χ3v) is 4.41. The SMILES string of the molecule is CCOC(=O)CN(CC(=O)OCC)S(=O)(=O)c1ccccc1. The maximum Gasteiger partial charge on any atom is 0.321 e. The maximum atomic E-state index is 12.5. The van der Waals surface area contributed by atoms with E-state index in [-0.39, 0.29) is 18.1 Å². The molecule has 0 bridgehead atoms.